The lowest BCUT2D eigenvalue weighted by molar-refractivity contribution is 0.469. The number of nitrogens with zero attached hydrogens (tertiary/aromatic N) is 3. The minimum atomic E-state index is 0.415. The zero-order chi connectivity index (χ0) is 13.2. The fourth-order valence-electron chi connectivity index (χ4n) is 1.84. The Kier molecular flexibility index (Phi) is 2.75. The molecule has 0 fully saturated rings. The average Bonchev–Trinajstić information content (AvgIpc) is 2.90. The third kappa shape index (κ3) is 2.08. The molecule has 0 atom stereocenters. The van der Waals surface area contributed by atoms with Gasteiger partial charge in [0.2, 0.25) is 5.88 Å². The Labute approximate surface area is 109 Å². The molecule has 3 aromatic rings. The summed E-state index contributed by atoms with van der Waals surface area (Å²) in [6.45, 7) is 2.08. The zero-order valence-electron chi connectivity index (χ0n) is 10.4. The average molecular weight is 255 g/mol. The molecule has 2 aromatic heterocycles. The van der Waals surface area contributed by atoms with Crippen molar-refractivity contribution in [2.24, 2.45) is 0 Å². The van der Waals surface area contributed by atoms with Crippen molar-refractivity contribution in [3.63, 3.8) is 0 Å². The van der Waals surface area contributed by atoms with E-state index >= 15 is 0 Å². The highest BCUT2D eigenvalue weighted by Crippen LogP contribution is 2.29. The molecule has 0 bridgehead atoms. The van der Waals surface area contributed by atoms with E-state index in [9.17, 15) is 0 Å². The van der Waals surface area contributed by atoms with Gasteiger partial charge in [0.1, 0.15) is 11.8 Å². The third-order valence-corrected chi connectivity index (χ3v) is 2.88. The number of H-pyrrole nitrogens is 1. The Balaban J connectivity index is 1.99. The maximum Gasteiger partial charge on any atom is 0.248 e. The van der Waals surface area contributed by atoms with E-state index in [0.29, 0.717) is 28.5 Å². The number of aryl methyl sites for hydroxylation is 1. The number of aromatic nitrogens is 4. The van der Waals surface area contributed by atoms with Crippen molar-refractivity contribution in [1.29, 1.82) is 0 Å². The number of benzene rings is 1. The zero-order valence-corrected chi connectivity index (χ0v) is 10.4. The minimum absolute atomic E-state index is 0.415. The van der Waals surface area contributed by atoms with Gasteiger partial charge in [0.15, 0.2) is 11.4 Å². The van der Waals surface area contributed by atoms with Gasteiger partial charge in [0.05, 0.1) is 12.0 Å². The Morgan fingerprint density at radius 3 is 2.95 bits per heavy atom. The van der Waals surface area contributed by atoms with E-state index in [1.807, 2.05) is 18.2 Å². The molecule has 2 heterocycles. The van der Waals surface area contributed by atoms with E-state index in [4.69, 9.17) is 10.5 Å². The second kappa shape index (κ2) is 4.56. The van der Waals surface area contributed by atoms with Crippen LogP contribution in [0.2, 0.25) is 0 Å². The summed E-state index contributed by atoms with van der Waals surface area (Å²) in [4.78, 5) is 15.1. The van der Waals surface area contributed by atoms with Crippen LogP contribution in [0.4, 0.5) is 5.69 Å². The number of anilines is 1. The molecule has 0 aliphatic rings. The lowest BCUT2D eigenvalue weighted by Crippen LogP contribution is -1.96. The number of imidazole rings is 1. The second-order valence-corrected chi connectivity index (χ2v) is 4.11. The van der Waals surface area contributed by atoms with Crippen molar-refractivity contribution in [2.75, 3.05) is 5.73 Å². The SMILES string of the molecule is CCc1ccc(Oc2ncnc3nc[nH]c23)c(N)c1. The topological polar surface area (TPSA) is 89.7 Å². The number of rotatable bonds is 3. The monoisotopic (exact) mass is 255 g/mol. The van der Waals surface area contributed by atoms with E-state index in [-0.39, 0.29) is 0 Å². The van der Waals surface area contributed by atoms with Crippen LogP contribution in [0.5, 0.6) is 11.6 Å². The summed E-state index contributed by atoms with van der Waals surface area (Å²) < 4.78 is 5.73. The molecular weight excluding hydrogens is 242 g/mol. The van der Waals surface area contributed by atoms with Gasteiger partial charge in [-0.15, -0.1) is 0 Å². The Bertz CT molecular complexity index is 722. The number of nitrogens with one attached hydrogen (secondary N) is 1. The van der Waals surface area contributed by atoms with Gasteiger partial charge in [-0.25, -0.2) is 9.97 Å². The summed E-state index contributed by atoms with van der Waals surface area (Å²) in [7, 11) is 0. The molecule has 0 saturated heterocycles. The molecule has 6 heteroatoms. The van der Waals surface area contributed by atoms with Gasteiger partial charge in [-0.3, -0.25) is 0 Å². The van der Waals surface area contributed by atoms with Crippen LogP contribution in [-0.2, 0) is 6.42 Å². The maximum absolute atomic E-state index is 5.97. The van der Waals surface area contributed by atoms with Crippen molar-refractivity contribution < 1.29 is 4.74 Å². The summed E-state index contributed by atoms with van der Waals surface area (Å²) in [5.74, 6) is 0.991. The Hall–Kier alpha value is -2.63. The number of nitrogens with two attached hydrogens (primary N) is 1. The third-order valence-electron chi connectivity index (χ3n) is 2.88. The molecule has 0 spiro atoms. The smallest absolute Gasteiger partial charge is 0.248 e. The minimum Gasteiger partial charge on any atom is -0.435 e. The van der Waals surface area contributed by atoms with Crippen molar-refractivity contribution >= 4 is 16.9 Å². The van der Waals surface area contributed by atoms with Crippen molar-refractivity contribution in [2.45, 2.75) is 13.3 Å². The van der Waals surface area contributed by atoms with Gasteiger partial charge in [0, 0.05) is 0 Å². The molecule has 0 unspecified atom stereocenters. The molecule has 19 heavy (non-hydrogen) atoms. The Morgan fingerprint density at radius 1 is 1.26 bits per heavy atom. The first-order valence-corrected chi connectivity index (χ1v) is 5.98. The summed E-state index contributed by atoms with van der Waals surface area (Å²) >= 11 is 0. The highest BCUT2D eigenvalue weighted by molar-refractivity contribution is 5.75. The van der Waals surface area contributed by atoms with Crippen molar-refractivity contribution in [3.8, 4) is 11.6 Å². The molecule has 0 aliphatic carbocycles. The van der Waals surface area contributed by atoms with Crippen LogP contribution in [0.3, 0.4) is 0 Å². The molecular formula is C13H13N5O. The molecule has 0 radical (unpaired) electrons. The van der Waals surface area contributed by atoms with Crippen LogP contribution in [-0.4, -0.2) is 19.9 Å². The molecule has 3 rings (SSSR count). The van der Waals surface area contributed by atoms with Crippen LogP contribution in [0.25, 0.3) is 11.2 Å². The van der Waals surface area contributed by atoms with E-state index in [0.717, 1.165) is 6.42 Å². The van der Waals surface area contributed by atoms with E-state index in [1.54, 1.807) is 6.33 Å². The van der Waals surface area contributed by atoms with Gasteiger partial charge in [0.25, 0.3) is 0 Å². The van der Waals surface area contributed by atoms with Crippen LogP contribution in [0.1, 0.15) is 12.5 Å². The fourth-order valence-corrected chi connectivity index (χ4v) is 1.84. The number of ether oxygens (including phenoxy) is 1. The number of hydrogen-bond acceptors (Lipinski definition) is 5. The number of fused-ring (bicyclic) bond motifs is 1. The highest BCUT2D eigenvalue weighted by atomic mass is 16.5. The van der Waals surface area contributed by atoms with Gasteiger partial charge in [-0.05, 0) is 24.1 Å². The summed E-state index contributed by atoms with van der Waals surface area (Å²) in [5, 5.41) is 0. The molecule has 0 saturated carbocycles. The molecule has 6 nitrogen and oxygen atoms in total. The van der Waals surface area contributed by atoms with Crippen LogP contribution < -0.4 is 10.5 Å². The second-order valence-electron chi connectivity index (χ2n) is 4.11. The molecule has 1 aromatic carbocycles. The van der Waals surface area contributed by atoms with Crippen molar-refractivity contribution in [1.82, 2.24) is 19.9 Å². The van der Waals surface area contributed by atoms with Crippen molar-refractivity contribution in [3.05, 3.63) is 36.4 Å². The summed E-state index contributed by atoms with van der Waals surface area (Å²) in [6.07, 6.45) is 3.90. The van der Waals surface area contributed by atoms with Gasteiger partial charge < -0.3 is 15.5 Å². The predicted octanol–water partition coefficient (Wildman–Crippen LogP) is 2.29. The first-order chi connectivity index (χ1) is 9.28. The lowest BCUT2D eigenvalue weighted by atomic mass is 10.1. The fraction of sp³-hybridized carbons (Fsp3) is 0.154. The molecule has 3 N–H and O–H groups in total. The maximum atomic E-state index is 5.97. The standard InChI is InChI=1S/C13H13N5O/c1-2-8-3-4-10(9(14)5-8)19-13-11-12(16-6-15-11)17-7-18-13/h3-7H,2,14H2,1H3,(H,15,16,17,18). The lowest BCUT2D eigenvalue weighted by Gasteiger charge is -2.08. The summed E-state index contributed by atoms with van der Waals surface area (Å²) in [5.41, 5.74) is 8.94. The molecule has 0 aliphatic heterocycles. The van der Waals surface area contributed by atoms with E-state index < -0.39 is 0 Å². The molecule has 0 amide bonds. The quantitative estimate of drug-likeness (QED) is 0.701. The highest BCUT2D eigenvalue weighted by Gasteiger charge is 2.10. The van der Waals surface area contributed by atoms with Gasteiger partial charge in [-0.1, -0.05) is 13.0 Å². The van der Waals surface area contributed by atoms with Gasteiger partial charge >= 0.3 is 0 Å². The summed E-state index contributed by atoms with van der Waals surface area (Å²) in [6, 6.07) is 5.73. The molecule has 96 valence electrons. The number of nitrogen functional groups attached to an aromatic ring is 1. The predicted molar refractivity (Wildman–Crippen MR) is 72.0 cm³/mol. The van der Waals surface area contributed by atoms with E-state index in [1.165, 1.54) is 11.9 Å². The normalized spacial score (nSPS) is 10.8. The Morgan fingerprint density at radius 2 is 2.16 bits per heavy atom. The van der Waals surface area contributed by atoms with Crippen LogP contribution in [0.15, 0.2) is 30.9 Å². The first-order valence-electron chi connectivity index (χ1n) is 5.98. The van der Waals surface area contributed by atoms with E-state index in [2.05, 4.69) is 26.9 Å². The van der Waals surface area contributed by atoms with Crippen LogP contribution in [0, 0.1) is 0 Å². The largest absolute Gasteiger partial charge is 0.435 e. The van der Waals surface area contributed by atoms with Gasteiger partial charge in [-0.2, -0.15) is 4.98 Å². The first kappa shape index (κ1) is 11.5. The van der Waals surface area contributed by atoms with Crippen LogP contribution >= 0.6 is 0 Å². The number of aromatic amines is 1. The number of hydrogen-bond donors (Lipinski definition) is 2.